The highest BCUT2D eigenvalue weighted by atomic mass is 35.5. The molecule has 11 heteroatoms. The van der Waals surface area contributed by atoms with Gasteiger partial charge >= 0.3 is 11.9 Å². The van der Waals surface area contributed by atoms with Crippen LogP contribution in [-0.2, 0) is 29.1 Å². The summed E-state index contributed by atoms with van der Waals surface area (Å²) in [5.74, 6) is -1.83. The molecule has 0 radical (unpaired) electrons. The Morgan fingerprint density at radius 1 is 1.10 bits per heavy atom. The molecule has 0 fully saturated rings. The zero-order valence-corrected chi connectivity index (χ0v) is 18.8. The van der Waals surface area contributed by atoms with Crippen LogP contribution < -0.4 is 5.32 Å². The van der Waals surface area contributed by atoms with Crippen LogP contribution in [0.15, 0.2) is 23.1 Å². The molecule has 1 rings (SSSR count). The highest BCUT2D eigenvalue weighted by Crippen LogP contribution is 2.23. The van der Waals surface area contributed by atoms with E-state index >= 15 is 0 Å². The molecule has 0 atom stereocenters. The minimum absolute atomic E-state index is 0.00772. The van der Waals surface area contributed by atoms with Crippen LogP contribution in [0.25, 0.3) is 0 Å². The minimum Gasteiger partial charge on any atom is -0.466 e. The number of benzene rings is 1. The molecular formula is C19H27ClN2O7S. The fourth-order valence-corrected chi connectivity index (χ4v) is 4.17. The summed E-state index contributed by atoms with van der Waals surface area (Å²) in [6.45, 7) is 5.61. The lowest BCUT2D eigenvalue weighted by Crippen LogP contribution is -2.31. The third kappa shape index (κ3) is 7.58. The van der Waals surface area contributed by atoms with Crippen LogP contribution in [0.2, 0.25) is 5.02 Å². The van der Waals surface area contributed by atoms with Crippen LogP contribution in [0.3, 0.4) is 0 Å². The SMILES string of the molecule is CCOC(=O)CCCNC(=O)COC(=O)c1cc(S(=O)(=O)N(CC)CC)ccc1Cl. The summed E-state index contributed by atoms with van der Waals surface area (Å²) >= 11 is 6.01. The van der Waals surface area contributed by atoms with Crippen LogP contribution in [0.1, 0.15) is 44.0 Å². The third-order valence-corrected chi connectivity index (χ3v) is 6.40. The van der Waals surface area contributed by atoms with Gasteiger partial charge in [0.1, 0.15) is 0 Å². The first-order valence-corrected chi connectivity index (χ1v) is 11.4. The van der Waals surface area contributed by atoms with Crippen LogP contribution in [0, 0.1) is 0 Å². The lowest BCUT2D eigenvalue weighted by Gasteiger charge is -2.19. The number of halogens is 1. The van der Waals surface area contributed by atoms with Gasteiger partial charge in [0, 0.05) is 26.1 Å². The van der Waals surface area contributed by atoms with Gasteiger partial charge in [-0.2, -0.15) is 4.31 Å². The molecule has 0 bridgehead atoms. The average Bonchev–Trinajstić information content (AvgIpc) is 2.70. The monoisotopic (exact) mass is 462 g/mol. The second-order valence-electron chi connectivity index (χ2n) is 6.07. The predicted molar refractivity (Wildman–Crippen MR) is 111 cm³/mol. The zero-order chi connectivity index (χ0) is 22.7. The van der Waals surface area contributed by atoms with E-state index in [1.54, 1.807) is 20.8 Å². The molecule has 9 nitrogen and oxygen atoms in total. The van der Waals surface area contributed by atoms with E-state index in [4.69, 9.17) is 21.1 Å². The van der Waals surface area contributed by atoms with Crippen molar-refractivity contribution < 1.29 is 32.3 Å². The Morgan fingerprint density at radius 2 is 1.77 bits per heavy atom. The number of hydrogen-bond acceptors (Lipinski definition) is 7. The van der Waals surface area contributed by atoms with Gasteiger partial charge in [0.2, 0.25) is 10.0 Å². The molecule has 0 aliphatic rings. The van der Waals surface area contributed by atoms with E-state index in [0.717, 1.165) is 6.07 Å². The summed E-state index contributed by atoms with van der Waals surface area (Å²) < 4.78 is 36.2. The Balaban J connectivity index is 2.67. The third-order valence-electron chi connectivity index (χ3n) is 4.02. The normalized spacial score (nSPS) is 11.2. The van der Waals surface area contributed by atoms with E-state index in [1.807, 2.05) is 0 Å². The van der Waals surface area contributed by atoms with E-state index in [0.29, 0.717) is 13.0 Å². The van der Waals surface area contributed by atoms with Gasteiger partial charge in [-0.3, -0.25) is 9.59 Å². The predicted octanol–water partition coefficient (Wildman–Crippen LogP) is 1.99. The maximum absolute atomic E-state index is 12.6. The van der Waals surface area contributed by atoms with E-state index in [9.17, 15) is 22.8 Å². The highest BCUT2D eigenvalue weighted by molar-refractivity contribution is 7.89. The first-order valence-electron chi connectivity index (χ1n) is 9.56. The maximum atomic E-state index is 12.6. The van der Waals surface area contributed by atoms with Crippen molar-refractivity contribution in [2.75, 3.05) is 32.8 Å². The van der Waals surface area contributed by atoms with E-state index < -0.39 is 28.5 Å². The molecular weight excluding hydrogens is 436 g/mol. The lowest BCUT2D eigenvalue weighted by molar-refractivity contribution is -0.143. The molecule has 1 aromatic carbocycles. The van der Waals surface area contributed by atoms with E-state index in [2.05, 4.69) is 5.32 Å². The van der Waals surface area contributed by atoms with E-state index in [-0.39, 0.29) is 47.5 Å². The van der Waals surface area contributed by atoms with Gasteiger partial charge in [0.15, 0.2) is 6.61 Å². The Kier molecular flexibility index (Phi) is 10.8. The van der Waals surface area contributed by atoms with Gasteiger partial charge in [-0.05, 0) is 31.5 Å². The Hall–Kier alpha value is -2.17. The Labute approximate surface area is 181 Å². The summed E-state index contributed by atoms with van der Waals surface area (Å²) in [4.78, 5) is 35.2. The van der Waals surface area contributed by atoms with Crippen molar-refractivity contribution in [1.82, 2.24) is 9.62 Å². The molecule has 30 heavy (non-hydrogen) atoms. The largest absolute Gasteiger partial charge is 0.466 e. The number of nitrogens with zero attached hydrogens (tertiary/aromatic N) is 1. The van der Waals surface area contributed by atoms with Crippen LogP contribution >= 0.6 is 11.6 Å². The van der Waals surface area contributed by atoms with Crippen molar-refractivity contribution in [3.8, 4) is 0 Å². The van der Waals surface area contributed by atoms with Gasteiger partial charge < -0.3 is 14.8 Å². The number of rotatable bonds is 12. The van der Waals surface area contributed by atoms with E-state index in [1.165, 1.54) is 16.4 Å². The first-order chi connectivity index (χ1) is 14.2. The fourth-order valence-electron chi connectivity index (χ4n) is 2.49. The number of amides is 1. The molecule has 0 aliphatic heterocycles. The molecule has 0 aromatic heterocycles. The molecule has 0 aliphatic carbocycles. The summed E-state index contributed by atoms with van der Waals surface area (Å²) in [7, 11) is -3.78. The van der Waals surface area contributed by atoms with Crippen molar-refractivity contribution >= 4 is 39.5 Å². The molecule has 0 saturated carbocycles. The summed E-state index contributed by atoms with van der Waals surface area (Å²) in [6.07, 6.45) is 0.549. The van der Waals surface area contributed by atoms with Crippen molar-refractivity contribution in [3.05, 3.63) is 28.8 Å². The summed E-state index contributed by atoms with van der Waals surface area (Å²) in [6, 6.07) is 3.74. The fraction of sp³-hybridized carbons (Fsp3) is 0.526. The minimum atomic E-state index is -3.78. The van der Waals surface area contributed by atoms with Gasteiger partial charge in [-0.25, -0.2) is 13.2 Å². The Morgan fingerprint density at radius 3 is 2.37 bits per heavy atom. The summed E-state index contributed by atoms with van der Waals surface area (Å²) in [5, 5.41) is 2.52. The molecule has 0 unspecified atom stereocenters. The van der Waals surface area contributed by atoms with Gasteiger partial charge in [0.25, 0.3) is 5.91 Å². The number of hydrogen-bond donors (Lipinski definition) is 1. The second kappa shape index (κ2) is 12.5. The van der Waals surface area contributed by atoms with Crippen molar-refractivity contribution in [2.24, 2.45) is 0 Å². The number of esters is 2. The zero-order valence-electron chi connectivity index (χ0n) is 17.3. The molecule has 1 aromatic rings. The second-order valence-corrected chi connectivity index (χ2v) is 8.41. The van der Waals surface area contributed by atoms with Gasteiger partial charge in [-0.15, -0.1) is 0 Å². The van der Waals surface area contributed by atoms with Crippen molar-refractivity contribution in [2.45, 2.75) is 38.5 Å². The number of carbonyl (C=O) groups excluding carboxylic acids is 3. The lowest BCUT2D eigenvalue weighted by atomic mass is 10.2. The van der Waals surface area contributed by atoms with Gasteiger partial charge in [-0.1, -0.05) is 25.4 Å². The maximum Gasteiger partial charge on any atom is 0.340 e. The van der Waals surface area contributed by atoms with Crippen molar-refractivity contribution in [1.29, 1.82) is 0 Å². The molecule has 168 valence electrons. The first kappa shape index (κ1) is 25.9. The number of ether oxygens (including phenoxy) is 2. The smallest absolute Gasteiger partial charge is 0.340 e. The summed E-state index contributed by atoms with van der Waals surface area (Å²) in [5.41, 5.74) is -0.153. The topological polar surface area (TPSA) is 119 Å². The van der Waals surface area contributed by atoms with Crippen LogP contribution in [0.4, 0.5) is 0 Å². The number of nitrogens with one attached hydrogen (secondary N) is 1. The number of sulfonamides is 1. The van der Waals surface area contributed by atoms with Crippen LogP contribution in [-0.4, -0.2) is 63.4 Å². The highest BCUT2D eigenvalue weighted by Gasteiger charge is 2.24. The molecule has 1 amide bonds. The standard InChI is InChI=1S/C19H27ClN2O7S/c1-4-22(5-2)30(26,27)14-9-10-16(20)15(12-14)19(25)29-13-17(23)21-11-7-8-18(24)28-6-3/h9-10,12H,4-8,11,13H2,1-3H3,(H,21,23). The quantitative estimate of drug-likeness (QED) is 0.372. The molecule has 0 spiro atoms. The Bertz CT molecular complexity index is 854. The number of carbonyl (C=O) groups is 3. The average molecular weight is 463 g/mol. The van der Waals surface area contributed by atoms with Crippen molar-refractivity contribution in [3.63, 3.8) is 0 Å². The molecule has 1 N–H and O–H groups in total. The molecule has 0 saturated heterocycles. The van der Waals surface area contributed by atoms with Crippen LogP contribution in [0.5, 0.6) is 0 Å². The molecule has 0 heterocycles. The van der Waals surface area contributed by atoms with Gasteiger partial charge in [0.05, 0.1) is 22.1 Å².